The highest BCUT2D eigenvalue weighted by atomic mass is 16.5. The molecule has 0 heterocycles. The lowest BCUT2D eigenvalue weighted by Crippen LogP contribution is -1.98. The fraction of sp³-hybridized carbons (Fsp3) is 0.136. The van der Waals surface area contributed by atoms with Crippen molar-refractivity contribution in [3.63, 3.8) is 0 Å². The second-order valence-electron chi connectivity index (χ2n) is 5.80. The smallest absolute Gasteiger partial charge is 0.203 e. The third-order valence-corrected chi connectivity index (χ3v) is 4.30. The topological polar surface area (TPSA) is 65.0 Å². The van der Waals surface area contributed by atoms with Crippen LogP contribution in [0.25, 0.3) is 16.8 Å². The molecule has 27 heavy (non-hydrogen) atoms. The van der Waals surface area contributed by atoms with Gasteiger partial charge in [-0.3, -0.25) is 4.79 Å². The van der Waals surface area contributed by atoms with E-state index in [4.69, 9.17) is 14.2 Å². The Balaban J connectivity index is 2.03. The van der Waals surface area contributed by atoms with Crippen molar-refractivity contribution >= 4 is 22.6 Å². The largest absolute Gasteiger partial charge is 0.507 e. The molecule has 3 aromatic carbocycles. The zero-order valence-corrected chi connectivity index (χ0v) is 15.4. The molecular formula is C22H20O5. The van der Waals surface area contributed by atoms with Gasteiger partial charge in [-0.15, -0.1) is 0 Å². The third kappa shape index (κ3) is 3.44. The number of ether oxygens (including phenoxy) is 3. The van der Waals surface area contributed by atoms with Crippen LogP contribution in [0.15, 0.2) is 54.6 Å². The SMILES string of the molecule is COc1ccc(/C=C/C(=O)c2c(O)ccc3ccccc23)c(OC)c1OC. The van der Waals surface area contributed by atoms with E-state index >= 15 is 0 Å². The fourth-order valence-corrected chi connectivity index (χ4v) is 3.02. The Morgan fingerprint density at radius 1 is 0.889 bits per heavy atom. The molecule has 3 rings (SSSR count). The van der Waals surface area contributed by atoms with Gasteiger partial charge >= 0.3 is 0 Å². The number of hydrogen-bond acceptors (Lipinski definition) is 5. The van der Waals surface area contributed by atoms with E-state index in [9.17, 15) is 9.90 Å². The minimum atomic E-state index is -0.305. The van der Waals surface area contributed by atoms with Gasteiger partial charge in [0.05, 0.1) is 26.9 Å². The van der Waals surface area contributed by atoms with Gasteiger partial charge in [0.1, 0.15) is 5.75 Å². The van der Waals surface area contributed by atoms with Crippen LogP contribution in [0, 0.1) is 0 Å². The number of fused-ring (bicyclic) bond motifs is 1. The molecule has 3 aromatic rings. The zero-order valence-electron chi connectivity index (χ0n) is 15.4. The maximum Gasteiger partial charge on any atom is 0.203 e. The summed E-state index contributed by atoms with van der Waals surface area (Å²) in [6.45, 7) is 0. The molecular weight excluding hydrogens is 344 g/mol. The van der Waals surface area contributed by atoms with Crippen molar-refractivity contribution in [3.8, 4) is 23.0 Å². The molecule has 0 unspecified atom stereocenters. The van der Waals surface area contributed by atoms with E-state index in [0.29, 0.717) is 28.2 Å². The fourth-order valence-electron chi connectivity index (χ4n) is 3.02. The predicted molar refractivity (Wildman–Crippen MR) is 105 cm³/mol. The van der Waals surface area contributed by atoms with Crippen LogP contribution in [0.1, 0.15) is 15.9 Å². The molecule has 0 aliphatic rings. The van der Waals surface area contributed by atoms with Crippen molar-refractivity contribution in [2.75, 3.05) is 21.3 Å². The van der Waals surface area contributed by atoms with Gasteiger partial charge in [-0.2, -0.15) is 0 Å². The molecule has 0 radical (unpaired) electrons. The van der Waals surface area contributed by atoms with Gasteiger partial charge in [-0.05, 0) is 41.1 Å². The van der Waals surface area contributed by atoms with Crippen LogP contribution in [0.4, 0.5) is 0 Å². The van der Waals surface area contributed by atoms with Crippen LogP contribution >= 0.6 is 0 Å². The van der Waals surface area contributed by atoms with E-state index in [2.05, 4.69) is 0 Å². The summed E-state index contributed by atoms with van der Waals surface area (Å²) in [5, 5.41) is 11.8. The lowest BCUT2D eigenvalue weighted by Gasteiger charge is -2.14. The van der Waals surface area contributed by atoms with Gasteiger partial charge in [0.25, 0.3) is 0 Å². The summed E-state index contributed by atoms with van der Waals surface area (Å²) >= 11 is 0. The molecule has 0 aromatic heterocycles. The van der Waals surface area contributed by atoms with E-state index in [1.165, 1.54) is 26.4 Å². The zero-order chi connectivity index (χ0) is 19.4. The molecule has 0 amide bonds. The van der Waals surface area contributed by atoms with Crippen LogP contribution in [-0.2, 0) is 0 Å². The minimum Gasteiger partial charge on any atom is -0.507 e. The number of benzene rings is 3. The van der Waals surface area contributed by atoms with Crippen LogP contribution in [-0.4, -0.2) is 32.2 Å². The summed E-state index contributed by atoms with van der Waals surface area (Å²) in [6.07, 6.45) is 3.04. The second-order valence-corrected chi connectivity index (χ2v) is 5.80. The summed E-state index contributed by atoms with van der Waals surface area (Å²) < 4.78 is 16.0. The van der Waals surface area contributed by atoms with E-state index in [-0.39, 0.29) is 17.1 Å². The first-order valence-electron chi connectivity index (χ1n) is 8.32. The number of rotatable bonds is 6. The Bertz CT molecular complexity index is 1020. The first kappa shape index (κ1) is 18.3. The minimum absolute atomic E-state index is 0.0531. The standard InChI is InChI=1S/C22H20O5/c1-25-19-13-10-15(21(26-2)22(19)27-3)9-12-18(24)20-16-7-5-4-6-14(16)8-11-17(20)23/h4-13,23H,1-3H3/b12-9+. The van der Waals surface area contributed by atoms with E-state index in [1.807, 2.05) is 24.3 Å². The van der Waals surface area contributed by atoms with Crippen LogP contribution in [0.2, 0.25) is 0 Å². The van der Waals surface area contributed by atoms with Crippen LogP contribution in [0.3, 0.4) is 0 Å². The highest BCUT2D eigenvalue weighted by molar-refractivity contribution is 6.16. The Kier molecular flexibility index (Phi) is 5.31. The maximum absolute atomic E-state index is 12.8. The van der Waals surface area contributed by atoms with Gasteiger partial charge in [0, 0.05) is 5.56 Å². The molecule has 0 aliphatic carbocycles. The number of carbonyl (C=O) groups excluding carboxylic acids is 1. The van der Waals surface area contributed by atoms with Gasteiger partial charge in [-0.1, -0.05) is 30.3 Å². The normalized spacial score (nSPS) is 10.9. The number of phenols is 1. The molecule has 0 bridgehead atoms. The highest BCUT2D eigenvalue weighted by Gasteiger charge is 2.16. The first-order chi connectivity index (χ1) is 13.1. The van der Waals surface area contributed by atoms with Gasteiger partial charge in [-0.25, -0.2) is 0 Å². The van der Waals surface area contributed by atoms with E-state index < -0.39 is 0 Å². The average Bonchev–Trinajstić information content (AvgIpc) is 2.70. The molecule has 0 spiro atoms. The first-order valence-corrected chi connectivity index (χ1v) is 8.32. The van der Waals surface area contributed by atoms with Crippen molar-refractivity contribution in [3.05, 3.63) is 65.7 Å². The van der Waals surface area contributed by atoms with Gasteiger partial charge in [0.2, 0.25) is 5.75 Å². The molecule has 0 fully saturated rings. The predicted octanol–water partition coefficient (Wildman–Crippen LogP) is 4.47. The molecule has 5 nitrogen and oxygen atoms in total. The van der Waals surface area contributed by atoms with Gasteiger partial charge < -0.3 is 19.3 Å². The number of allylic oxidation sites excluding steroid dienone is 1. The molecule has 0 saturated heterocycles. The van der Waals surface area contributed by atoms with E-state index in [1.54, 1.807) is 31.4 Å². The quantitative estimate of drug-likeness (QED) is 0.516. The number of hydrogen-bond donors (Lipinski definition) is 1. The Morgan fingerprint density at radius 3 is 2.33 bits per heavy atom. The number of aromatic hydroxyl groups is 1. The maximum atomic E-state index is 12.8. The molecule has 0 atom stereocenters. The third-order valence-electron chi connectivity index (χ3n) is 4.30. The molecule has 0 saturated carbocycles. The molecule has 138 valence electrons. The van der Waals surface area contributed by atoms with Crippen LogP contribution < -0.4 is 14.2 Å². The van der Waals surface area contributed by atoms with Crippen molar-refractivity contribution in [2.24, 2.45) is 0 Å². The Hall–Kier alpha value is -3.47. The Morgan fingerprint density at radius 2 is 1.63 bits per heavy atom. The summed E-state index contributed by atoms with van der Waals surface area (Å²) in [7, 11) is 4.58. The average molecular weight is 364 g/mol. The summed E-state index contributed by atoms with van der Waals surface area (Å²) in [5.41, 5.74) is 0.923. The van der Waals surface area contributed by atoms with Crippen molar-refractivity contribution < 1.29 is 24.1 Å². The van der Waals surface area contributed by atoms with Crippen molar-refractivity contribution in [1.29, 1.82) is 0 Å². The molecule has 1 N–H and O–H groups in total. The summed E-state index contributed by atoms with van der Waals surface area (Å²) in [4.78, 5) is 12.8. The molecule has 0 aliphatic heterocycles. The lowest BCUT2D eigenvalue weighted by molar-refractivity contribution is 0.104. The van der Waals surface area contributed by atoms with Gasteiger partial charge in [0.15, 0.2) is 17.3 Å². The second kappa shape index (κ2) is 7.83. The lowest BCUT2D eigenvalue weighted by atomic mass is 9.99. The summed E-state index contributed by atoms with van der Waals surface area (Å²) in [6, 6.07) is 14.2. The number of carbonyl (C=O) groups is 1. The summed E-state index contributed by atoms with van der Waals surface area (Å²) in [5.74, 6) is 1.08. The number of phenolic OH excluding ortho intramolecular Hbond substituents is 1. The number of methoxy groups -OCH3 is 3. The Labute approximate surface area is 157 Å². The monoisotopic (exact) mass is 364 g/mol. The number of ketones is 1. The van der Waals surface area contributed by atoms with Crippen LogP contribution in [0.5, 0.6) is 23.0 Å². The van der Waals surface area contributed by atoms with Crippen molar-refractivity contribution in [2.45, 2.75) is 0 Å². The highest BCUT2D eigenvalue weighted by Crippen LogP contribution is 2.40. The van der Waals surface area contributed by atoms with E-state index in [0.717, 1.165) is 5.39 Å². The van der Waals surface area contributed by atoms with Crippen molar-refractivity contribution in [1.82, 2.24) is 0 Å². The molecule has 5 heteroatoms.